The van der Waals surface area contributed by atoms with Gasteiger partial charge < -0.3 is 9.88 Å². The minimum absolute atomic E-state index is 0.0446. The maximum Gasteiger partial charge on any atom is 0.129 e. The fourth-order valence-corrected chi connectivity index (χ4v) is 3.07. The summed E-state index contributed by atoms with van der Waals surface area (Å²) in [7, 11) is 0. The highest BCUT2D eigenvalue weighted by atomic mass is 15.2. The van der Waals surface area contributed by atoms with Gasteiger partial charge in [0.25, 0.3) is 0 Å². The Morgan fingerprint density at radius 1 is 1.44 bits per heavy atom. The van der Waals surface area contributed by atoms with Crippen LogP contribution < -0.4 is 5.32 Å². The maximum atomic E-state index is 4.90. The van der Waals surface area contributed by atoms with Crippen LogP contribution >= 0.6 is 0 Å². The monoisotopic (exact) mass is 243 g/mol. The molecule has 0 amide bonds. The standard InChI is InChI=1S/C15H21N3/c1-4-18-13-7-6-11(2)10-12(13)17-14(18)15(3)8-5-9-16-15/h6-7,10,16H,4-5,8-9H2,1-3H3. The molecule has 2 heterocycles. The molecule has 0 aliphatic carbocycles. The van der Waals surface area contributed by atoms with Gasteiger partial charge in [-0.15, -0.1) is 0 Å². The largest absolute Gasteiger partial charge is 0.327 e. The second-order valence-corrected chi connectivity index (χ2v) is 5.53. The summed E-state index contributed by atoms with van der Waals surface area (Å²) in [4.78, 5) is 4.90. The minimum Gasteiger partial charge on any atom is -0.327 e. The molecular formula is C15H21N3. The third-order valence-electron chi connectivity index (χ3n) is 4.08. The molecule has 1 aliphatic rings. The summed E-state index contributed by atoms with van der Waals surface area (Å²) in [6.45, 7) is 8.68. The van der Waals surface area contributed by atoms with Gasteiger partial charge in [0, 0.05) is 6.54 Å². The summed E-state index contributed by atoms with van der Waals surface area (Å²) < 4.78 is 2.35. The van der Waals surface area contributed by atoms with Crippen LogP contribution in [0.3, 0.4) is 0 Å². The van der Waals surface area contributed by atoms with E-state index >= 15 is 0 Å². The van der Waals surface area contributed by atoms with E-state index in [-0.39, 0.29) is 5.54 Å². The van der Waals surface area contributed by atoms with Gasteiger partial charge >= 0.3 is 0 Å². The minimum atomic E-state index is 0.0446. The Morgan fingerprint density at radius 2 is 2.28 bits per heavy atom. The summed E-state index contributed by atoms with van der Waals surface area (Å²) >= 11 is 0. The SMILES string of the molecule is CCn1c(C2(C)CCCN2)nc2cc(C)ccc21. The normalized spacial score (nSPS) is 23.9. The van der Waals surface area contributed by atoms with Crippen molar-refractivity contribution >= 4 is 11.0 Å². The zero-order valence-corrected chi connectivity index (χ0v) is 11.5. The smallest absolute Gasteiger partial charge is 0.129 e. The first-order valence-electron chi connectivity index (χ1n) is 6.86. The van der Waals surface area contributed by atoms with E-state index in [1.54, 1.807) is 0 Å². The summed E-state index contributed by atoms with van der Waals surface area (Å²) in [6, 6.07) is 6.55. The van der Waals surface area contributed by atoms with Crippen molar-refractivity contribution in [1.82, 2.24) is 14.9 Å². The van der Waals surface area contributed by atoms with E-state index in [1.165, 1.54) is 29.7 Å². The number of rotatable bonds is 2. The van der Waals surface area contributed by atoms with Crippen molar-refractivity contribution in [3.8, 4) is 0 Å². The Bertz CT molecular complexity index is 577. The van der Waals surface area contributed by atoms with Gasteiger partial charge in [-0.2, -0.15) is 0 Å². The van der Waals surface area contributed by atoms with E-state index in [0.717, 1.165) is 18.6 Å². The van der Waals surface area contributed by atoms with Crippen LogP contribution in [0, 0.1) is 6.92 Å². The Morgan fingerprint density at radius 3 is 2.94 bits per heavy atom. The second kappa shape index (κ2) is 4.09. The van der Waals surface area contributed by atoms with E-state index < -0.39 is 0 Å². The summed E-state index contributed by atoms with van der Waals surface area (Å²) in [6.07, 6.45) is 2.41. The zero-order valence-electron chi connectivity index (χ0n) is 11.5. The predicted octanol–water partition coefficient (Wildman–Crippen LogP) is 2.96. The Balaban J connectivity index is 2.22. The molecule has 2 aromatic rings. The molecule has 3 nitrogen and oxygen atoms in total. The molecule has 1 atom stereocenters. The molecule has 1 N–H and O–H groups in total. The molecule has 1 unspecified atom stereocenters. The Labute approximate surface area is 108 Å². The van der Waals surface area contributed by atoms with Crippen LogP contribution in [-0.2, 0) is 12.1 Å². The number of aromatic nitrogens is 2. The average molecular weight is 243 g/mol. The number of benzene rings is 1. The lowest BCUT2D eigenvalue weighted by atomic mass is 9.99. The molecular weight excluding hydrogens is 222 g/mol. The zero-order chi connectivity index (χ0) is 12.8. The molecule has 1 aliphatic heterocycles. The topological polar surface area (TPSA) is 29.9 Å². The van der Waals surface area contributed by atoms with Crippen LogP contribution in [0.4, 0.5) is 0 Å². The number of hydrogen-bond donors (Lipinski definition) is 1. The number of nitrogens with zero attached hydrogens (tertiary/aromatic N) is 2. The van der Waals surface area contributed by atoms with Crippen molar-refractivity contribution in [2.75, 3.05) is 6.54 Å². The number of nitrogens with one attached hydrogen (secondary N) is 1. The number of fused-ring (bicyclic) bond motifs is 1. The fourth-order valence-electron chi connectivity index (χ4n) is 3.07. The first-order chi connectivity index (χ1) is 8.64. The highest BCUT2D eigenvalue weighted by Gasteiger charge is 2.34. The third-order valence-corrected chi connectivity index (χ3v) is 4.08. The second-order valence-electron chi connectivity index (χ2n) is 5.53. The fraction of sp³-hybridized carbons (Fsp3) is 0.533. The van der Waals surface area contributed by atoms with Gasteiger partial charge in [-0.25, -0.2) is 4.98 Å². The van der Waals surface area contributed by atoms with E-state index in [1.807, 2.05) is 0 Å². The van der Waals surface area contributed by atoms with Crippen molar-refractivity contribution in [2.24, 2.45) is 0 Å². The number of imidazole rings is 1. The summed E-state index contributed by atoms with van der Waals surface area (Å²) in [5.41, 5.74) is 3.71. The van der Waals surface area contributed by atoms with E-state index in [4.69, 9.17) is 4.98 Å². The van der Waals surface area contributed by atoms with Crippen LogP contribution in [0.1, 0.15) is 38.1 Å². The molecule has 1 aromatic carbocycles. The van der Waals surface area contributed by atoms with Crippen LogP contribution in [0.25, 0.3) is 11.0 Å². The molecule has 0 saturated carbocycles. The molecule has 3 rings (SSSR count). The molecule has 1 aromatic heterocycles. The Hall–Kier alpha value is -1.35. The highest BCUT2D eigenvalue weighted by molar-refractivity contribution is 5.77. The number of aryl methyl sites for hydroxylation is 2. The molecule has 1 fully saturated rings. The van der Waals surface area contributed by atoms with Crippen molar-refractivity contribution < 1.29 is 0 Å². The van der Waals surface area contributed by atoms with Crippen LogP contribution in [0.5, 0.6) is 0 Å². The summed E-state index contributed by atoms with van der Waals surface area (Å²) in [5, 5.41) is 3.62. The third kappa shape index (κ3) is 1.65. The van der Waals surface area contributed by atoms with Gasteiger partial charge in [-0.3, -0.25) is 0 Å². The predicted molar refractivity (Wildman–Crippen MR) is 74.7 cm³/mol. The van der Waals surface area contributed by atoms with Crippen molar-refractivity contribution in [1.29, 1.82) is 0 Å². The van der Waals surface area contributed by atoms with Crippen LogP contribution in [0.15, 0.2) is 18.2 Å². The quantitative estimate of drug-likeness (QED) is 0.879. The van der Waals surface area contributed by atoms with Gasteiger partial charge in [0.15, 0.2) is 0 Å². The molecule has 96 valence electrons. The molecule has 1 saturated heterocycles. The van der Waals surface area contributed by atoms with Gasteiger partial charge in [-0.05, 0) is 57.9 Å². The lowest BCUT2D eigenvalue weighted by Crippen LogP contribution is -2.36. The van der Waals surface area contributed by atoms with Crippen LogP contribution in [0.2, 0.25) is 0 Å². The Kier molecular flexibility index (Phi) is 2.67. The van der Waals surface area contributed by atoms with Gasteiger partial charge in [-0.1, -0.05) is 6.07 Å². The maximum absolute atomic E-state index is 4.90. The first-order valence-corrected chi connectivity index (χ1v) is 6.86. The van der Waals surface area contributed by atoms with Crippen molar-refractivity contribution in [2.45, 2.75) is 45.7 Å². The molecule has 18 heavy (non-hydrogen) atoms. The van der Waals surface area contributed by atoms with Crippen LogP contribution in [-0.4, -0.2) is 16.1 Å². The van der Waals surface area contributed by atoms with E-state index in [0.29, 0.717) is 0 Å². The van der Waals surface area contributed by atoms with Gasteiger partial charge in [0.1, 0.15) is 5.82 Å². The lowest BCUT2D eigenvalue weighted by Gasteiger charge is -2.24. The molecule has 3 heteroatoms. The summed E-state index contributed by atoms with van der Waals surface area (Å²) in [5.74, 6) is 1.20. The highest BCUT2D eigenvalue weighted by Crippen LogP contribution is 2.32. The lowest BCUT2D eigenvalue weighted by molar-refractivity contribution is 0.391. The van der Waals surface area contributed by atoms with Gasteiger partial charge in [0.2, 0.25) is 0 Å². The van der Waals surface area contributed by atoms with E-state index in [9.17, 15) is 0 Å². The number of hydrogen-bond acceptors (Lipinski definition) is 2. The van der Waals surface area contributed by atoms with Crippen molar-refractivity contribution in [3.05, 3.63) is 29.6 Å². The van der Waals surface area contributed by atoms with Gasteiger partial charge in [0.05, 0.1) is 16.6 Å². The van der Waals surface area contributed by atoms with E-state index in [2.05, 4.69) is 48.9 Å². The molecule has 0 spiro atoms. The van der Waals surface area contributed by atoms with Crippen molar-refractivity contribution in [3.63, 3.8) is 0 Å². The molecule has 0 radical (unpaired) electrons. The average Bonchev–Trinajstić information content (AvgIpc) is 2.93. The molecule has 0 bridgehead atoms. The first kappa shape index (κ1) is 11.7.